The maximum atomic E-state index is 9.64. The second-order valence-electron chi connectivity index (χ2n) is 9.86. The van der Waals surface area contributed by atoms with Crippen LogP contribution in [0, 0.1) is 24.7 Å². The van der Waals surface area contributed by atoms with E-state index < -0.39 is 0 Å². The number of phenols is 1. The fourth-order valence-corrected chi connectivity index (χ4v) is 5.69. The molecule has 2 saturated carbocycles. The molecule has 3 nitrogen and oxygen atoms in total. The summed E-state index contributed by atoms with van der Waals surface area (Å²) < 4.78 is 0. The molecule has 2 aliphatic rings. The van der Waals surface area contributed by atoms with Crippen LogP contribution in [-0.4, -0.2) is 23.1 Å². The van der Waals surface area contributed by atoms with Crippen molar-refractivity contribution in [3.8, 4) is 5.75 Å². The molecule has 1 aromatic carbocycles. The SMILES string of the molecule is C=C(C=O)CO.CCCCCC1CCC(C2CCC(c3ccc(O)cc3C)CC2)CC1. The minimum Gasteiger partial charge on any atom is -0.508 e. The van der Waals surface area contributed by atoms with E-state index in [-0.39, 0.29) is 12.2 Å². The van der Waals surface area contributed by atoms with Gasteiger partial charge in [-0.15, -0.1) is 0 Å². The lowest BCUT2D eigenvalue weighted by Crippen LogP contribution is -2.25. The topological polar surface area (TPSA) is 57.5 Å². The molecule has 0 aliphatic heterocycles. The number of aliphatic hydroxyl groups is 1. The summed E-state index contributed by atoms with van der Waals surface area (Å²) in [6.45, 7) is 7.41. The Labute approximate surface area is 190 Å². The second kappa shape index (κ2) is 13.7. The van der Waals surface area contributed by atoms with Crippen molar-refractivity contribution >= 4 is 6.29 Å². The van der Waals surface area contributed by atoms with Gasteiger partial charge in [0.25, 0.3) is 0 Å². The van der Waals surface area contributed by atoms with E-state index in [2.05, 4.69) is 26.5 Å². The number of unbranched alkanes of at least 4 members (excludes halogenated alkanes) is 2. The van der Waals surface area contributed by atoms with Crippen molar-refractivity contribution in [3.05, 3.63) is 41.5 Å². The summed E-state index contributed by atoms with van der Waals surface area (Å²) in [5, 5.41) is 17.6. The van der Waals surface area contributed by atoms with Crippen molar-refractivity contribution in [3.63, 3.8) is 0 Å². The number of benzene rings is 1. The molecule has 0 heterocycles. The molecular formula is C28H44O3. The molecule has 0 aromatic heterocycles. The molecule has 0 amide bonds. The van der Waals surface area contributed by atoms with Gasteiger partial charge in [-0.1, -0.05) is 58.1 Å². The van der Waals surface area contributed by atoms with Crippen LogP contribution in [0.4, 0.5) is 0 Å². The van der Waals surface area contributed by atoms with Gasteiger partial charge in [-0.2, -0.15) is 0 Å². The van der Waals surface area contributed by atoms with E-state index in [4.69, 9.17) is 5.11 Å². The van der Waals surface area contributed by atoms with E-state index in [0.717, 1.165) is 23.7 Å². The highest BCUT2D eigenvalue weighted by Crippen LogP contribution is 2.45. The van der Waals surface area contributed by atoms with Gasteiger partial charge in [0.1, 0.15) is 12.0 Å². The van der Waals surface area contributed by atoms with Crippen molar-refractivity contribution in [2.24, 2.45) is 17.8 Å². The first-order valence-electron chi connectivity index (χ1n) is 12.5. The van der Waals surface area contributed by atoms with E-state index >= 15 is 0 Å². The summed E-state index contributed by atoms with van der Waals surface area (Å²) in [5.74, 6) is 4.18. The minimum atomic E-state index is -0.233. The Morgan fingerprint density at radius 3 is 2.13 bits per heavy atom. The summed E-state index contributed by atoms with van der Waals surface area (Å²) >= 11 is 0. The number of carbonyl (C=O) groups excluding carboxylic acids is 1. The van der Waals surface area contributed by atoms with Gasteiger partial charge in [0.05, 0.1) is 6.61 Å². The molecule has 2 N–H and O–H groups in total. The number of aliphatic hydroxyl groups excluding tert-OH is 1. The number of aromatic hydroxyl groups is 1. The predicted octanol–water partition coefficient (Wildman–Crippen LogP) is 7.09. The maximum Gasteiger partial charge on any atom is 0.147 e. The van der Waals surface area contributed by atoms with Gasteiger partial charge in [0.15, 0.2) is 0 Å². The Morgan fingerprint density at radius 2 is 1.65 bits per heavy atom. The standard InChI is InChI=1S/C24H38O.C4H6O2/c1-3-4-5-6-19-7-9-20(10-8-19)21-11-13-22(14-12-21)24-16-15-23(25)17-18(24)2;1-4(2-5)3-6/h15-17,19-22,25H,3-14H2,1-2H3;2,6H,1,3H2. The lowest BCUT2D eigenvalue weighted by Gasteiger charge is -2.38. The average molecular weight is 429 g/mol. The molecule has 1 aromatic rings. The van der Waals surface area contributed by atoms with Crippen LogP contribution in [0.5, 0.6) is 5.75 Å². The minimum absolute atomic E-state index is 0.218. The lowest BCUT2D eigenvalue weighted by atomic mass is 9.67. The Bertz CT molecular complexity index is 665. The maximum absolute atomic E-state index is 9.64. The van der Waals surface area contributed by atoms with Gasteiger partial charge >= 0.3 is 0 Å². The largest absolute Gasteiger partial charge is 0.508 e. The summed E-state index contributed by atoms with van der Waals surface area (Å²) in [6, 6.07) is 5.96. The van der Waals surface area contributed by atoms with Gasteiger partial charge < -0.3 is 10.2 Å². The third-order valence-electron chi connectivity index (χ3n) is 7.61. The number of aldehydes is 1. The third-order valence-corrected chi connectivity index (χ3v) is 7.61. The molecule has 2 fully saturated rings. The van der Waals surface area contributed by atoms with E-state index in [9.17, 15) is 9.90 Å². The van der Waals surface area contributed by atoms with E-state index in [1.807, 2.05) is 12.1 Å². The molecule has 0 atom stereocenters. The zero-order chi connectivity index (χ0) is 22.6. The molecule has 0 saturated heterocycles. The van der Waals surface area contributed by atoms with Gasteiger partial charge in [-0.25, -0.2) is 0 Å². The van der Waals surface area contributed by atoms with Crippen molar-refractivity contribution in [1.29, 1.82) is 0 Å². The molecule has 31 heavy (non-hydrogen) atoms. The first-order chi connectivity index (χ1) is 15.0. The van der Waals surface area contributed by atoms with E-state index in [0.29, 0.717) is 12.0 Å². The fourth-order valence-electron chi connectivity index (χ4n) is 5.69. The smallest absolute Gasteiger partial charge is 0.147 e. The molecule has 174 valence electrons. The van der Waals surface area contributed by atoms with Crippen molar-refractivity contribution in [2.45, 2.75) is 96.8 Å². The fraction of sp³-hybridized carbons (Fsp3) is 0.679. The third kappa shape index (κ3) is 8.44. The molecule has 0 spiro atoms. The van der Waals surface area contributed by atoms with Crippen LogP contribution in [-0.2, 0) is 4.79 Å². The molecule has 0 unspecified atom stereocenters. The normalized spacial score (nSPS) is 25.9. The number of aryl methyl sites for hydroxylation is 1. The van der Waals surface area contributed by atoms with Gasteiger partial charge in [-0.05, 0) is 92.4 Å². The van der Waals surface area contributed by atoms with Crippen molar-refractivity contribution in [1.82, 2.24) is 0 Å². The lowest BCUT2D eigenvalue weighted by molar-refractivity contribution is -0.105. The number of hydrogen-bond acceptors (Lipinski definition) is 3. The summed E-state index contributed by atoms with van der Waals surface area (Å²) in [7, 11) is 0. The number of phenolic OH excluding ortho intramolecular Hbond substituents is 1. The molecule has 0 bridgehead atoms. The van der Waals surface area contributed by atoms with Crippen LogP contribution in [0.1, 0.15) is 101 Å². The number of rotatable bonds is 8. The zero-order valence-electron chi connectivity index (χ0n) is 19.8. The van der Waals surface area contributed by atoms with Gasteiger partial charge in [-0.3, -0.25) is 4.79 Å². The van der Waals surface area contributed by atoms with Gasteiger partial charge in [0.2, 0.25) is 0 Å². The molecule has 3 rings (SSSR count). The van der Waals surface area contributed by atoms with E-state index in [1.54, 1.807) is 0 Å². The van der Waals surface area contributed by atoms with Crippen LogP contribution >= 0.6 is 0 Å². The van der Waals surface area contributed by atoms with Crippen LogP contribution in [0.15, 0.2) is 30.4 Å². The van der Waals surface area contributed by atoms with Crippen LogP contribution in [0.2, 0.25) is 0 Å². The van der Waals surface area contributed by atoms with Crippen LogP contribution in [0.25, 0.3) is 0 Å². The molecule has 3 heteroatoms. The monoisotopic (exact) mass is 428 g/mol. The van der Waals surface area contributed by atoms with Crippen molar-refractivity contribution in [2.75, 3.05) is 6.61 Å². The molecule has 0 radical (unpaired) electrons. The highest BCUT2D eigenvalue weighted by atomic mass is 16.3. The quantitative estimate of drug-likeness (QED) is 0.264. The van der Waals surface area contributed by atoms with Gasteiger partial charge in [0, 0.05) is 5.57 Å². The Morgan fingerprint density at radius 1 is 1.03 bits per heavy atom. The Hall–Kier alpha value is -1.61. The predicted molar refractivity (Wildman–Crippen MR) is 129 cm³/mol. The van der Waals surface area contributed by atoms with E-state index in [1.165, 1.54) is 88.2 Å². The first kappa shape index (κ1) is 25.6. The summed E-state index contributed by atoms with van der Waals surface area (Å²) in [6.07, 6.45) is 17.9. The zero-order valence-corrected chi connectivity index (χ0v) is 19.8. The Kier molecular flexibility index (Phi) is 11.4. The summed E-state index contributed by atoms with van der Waals surface area (Å²) in [5.41, 5.74) is 2.97. The molecule has 2 aliphatic carbocycles. The number of carbonyl (C=O) groups is 1. The Balaban J connectivity index is 0.000000501. The molecular weight excluding hydrogens is 384 g/mol. The van der Waals surface area contributed by atoms with Crippen molar-refractivity contribution < 1.29 is 15.0 Å². The van der Waals surface area contributed by atoms with Crippen LogP contribution < -0.4 is 0 Å². The second-order valence-corrected chi connectivity index (χ2v) is 9.86. The van der Waals surface area contributed by atoms with Crippen LogP contribution in [0.3, 0.4) is 0 Å². The number of hydrogen-bond donors (Lipinski definition) is 2. The highest BCUT2D eigenvalue weighted by Gasteiger charge is 2.31. The average Bonchev–Trinajstić information content (AvgIpc) is 2.80. The highest BCUT2D eigenvalue weighted by molar-refractivity contribution is 5.72. The summed E-state index contributed by atoms with van der Waals surface area (Å²) in [4.78, 5) is 9.48. The first-order valence-corrected chi connectivity index (χ1v) is 12.5.